The number of rotatable bonds is 5. The first-order valence-corrected chi connectivity index (χ1v) is 8.84. The molecule has 0 radical (unpaired) electrons. The summed E-state index contributed by atoms with van der Waals surface area (Å²) in [6, 6.07) is 3.22. The molecular weight excluding hydrogens is 365 g/mol. The maximum atomic E-state index is 12.4. The van der Waals surface area contributed by atoms with Crippen LogP contribution in [0.2, 0.25) is 5.02 Å². The number of hydrogen-bond acceptors (Lipinski definition) is 5. The molecule has 2 atom stereocenters. The van der Waals surface area contributed by atoms with E-state index in [4.69, 9.17) is 11.6 Å². The fourth-order valence-corrected chi connectivity index (χ4v) is 4.20. The lowest BCUT2D eigenvalue weighted by molar-refractivity contribution is -0.387. The molecule has 1 aromatic rings. The highest BCUT2D eigenvalue weighted by Crippen LogP contribution is 2.27. The van der Waals surface area contributed by atoms with Crippen LogP contribution in [0.3, 0.4) is 0 Å². The zero-order chi connectivity index (χ0) is 16.3. The molecule has 1 aliphatic rings. The van der Waals surface area contributed by atoms with Crippen LogP contribution in [0.25, 0.3) is 0 Å². The molecule has 10 heteroatoms. The second-order valence-electron chi connectivity index (χ2n) is 5.39. The van der Waals surface area contributed by atoms with Crippen LogP contribution in [0.15, 0.2) is 23.1 Å². The van der Waals surface area contributed by atoms with Gasteiger partial charge in [-0.2, -0.15) is 0 Å². The van der Waals surface area contributed by atoms with Crippen molar-refractivity contribution in [1.29, 1.82) is 0 Å². The maximum absolute atomic E-state index is 12.4. The first-order valence-electron chi connectivity index (χ1n) is 6.98. The summed E-state index contributed by atoms with van der Waals surface area (Å²) >= 11 is 5.71. The quantitative estimate of drug-likeness (QED) is 0.599. The standard InChI is InChI=1S/C13H18ClN3O4S.ClH/c1-9(10-3-2-6-15-8-10)16-22(20,21)13-5-4-11(14)7-12(13)17(18)19;/h4-5,7,9-10,15-16H,2-3,6,8H2,1H3;1H. The Kier molecular flexibility index (Phi) is 7.22. The Hall–Kier alpha value is -0.930. The molecule has 0 saturated carbocycles. The normalized spacial score (nSPS) is 19.7. The van der Waals surface area contributed by atoms with Crippen LogP contribution in [-0.4, -0.2) is 32.5 Å². The minimum atomic E-state index is -3.98. The monoisotopic (exact) mass is 383 g/mol. The highest BCUT2D eigenvalue weighted by Gasteiger charge is 2.30. The van der Waals surface area contributed by atoms with Crippen molar-refractivity contribution in [3.05, 3.63) is 33.3 Å². The molecule has 1 aromatic carbocycles. The largest absolute Gasteiger partial charge is 0.316 e. The molecule has 2 unspecified atom stereocenters. The summed E-state index contributed by atoms with van der Waals surface area (Å²) in [5.74, 6) is 0.162. The van der Waals surface area contributed by atoms with Gasteiger partial charge in [-0.15, -0.1) is 12.4 Å². The third-order valence-corrected chi connectivity index (χ3v) is 5.63. The summed E-state index contributed by atoms with van der Waals surface area (Å²) in [5.41, 5.74) is -0.519. The minimum absolute atomic E-state index is 0. The SMILES string of the molecule is CC(NS(=O)(=O)c1ccc(Cl)cc1[N+](=O)[O-])C1CCCNC1.Cl. The number of piperidine rings is 1. The smallest absolute Gasteiger partial charge is 0.290 e. The molecule has 0 aromatic heterocycles. The van der Waals surface area contributed by atoms with E-state index in [0.29, 0.717) is 0 Å². The summed E-state index contributed by atoms with van der Waals surface area (Å²) < 4.78 is 27.4. The number of hydrogen-bond donors (Lipinski definition) is 2. The molecule has 130 valence electrons. The van der Waals surface area contributed by atoms with Gasteiger partial charge in [0.2, 0.25) is 10.0 Å². The van der Waals surface area contributed by atoms with E-state index in [1.54, 1.807) is 6.92 Å². The molecule has 1 saturated heterocycles. The van der Waals surface area contributed by atoms with E-state index in [2.05, 4.69) is 10.0 Å². The van der Waals surface area contributed by atoms with Crippen molar-refractivity contribution in [2.75, 3.05) is 13.1 Å². The lowest BCUT2D eigenvalue weighted by Crippen LogP contribution is -2.44. The Morgan fingerprint density at radius 3 is 2.74 bits per heavy atom. The summed E-state index contributed by atoms with van der Waals surface area (Å²) in [5, 5.41) is 14.4. The predicted molar refractivity (Wildman–Crippen MR) is 90.7 cm³/mol. The van der Waals surface area contributed by atoms with Gasteiger partial charge in [-0.1, -0.05) is 11.6 Å². The molecule has 2 N–H and O–H groups in total. The topological polar surface area (TPSA) is 101 Å². The molecule has 0 amide bonds. The number of nitro benzene ring substituents is 1. The highest BCUT2D eigenvalue weighted by molar-refractivity contribution is 7.89. The number of benzene rings is 1. The van der Waals surface area contributed by atoms with E-state index in [9.17, 15) is 18.5 Å². The van der Waals surface area contributed by atoms with Gasteiger partial charge < -0.3 is 5.32 Å². The van der Waals surface area contributed by atoms with Crippen molar-refractivity contribution >= 4 is 39.7 Å². The molecule has 1 fully saturated rings. The van der Waals surface area contributed by atoms with E-state index in [1.165, 1.54) is 6.07 Å². The Labute approximate surface area is 146 Å². The van der Waals surface area contributed by atoms with Crippen LogP contribution in [0.1, 0.15) is 19.8 Å². The van der Waals surface area contributed by atoms with E-state index in [0.717, 1.165) is 38.1 Å². The van der Waals surface area contributed by atoms with Gasteiger partial charge in [0.25, 0.3) is 5.69 Å². The summed E-state index contributed by atoms with van der Waals surface area (Å²) in [4.78, 5) is 9.95. The van der Waals surface area contributed by atoms with Crippen molar-refractivity contribution in [1.82, 2.24) is 10.0 Å². The number of nitro groups is 1. The van der Waals surface area contributed by atoms with Crippen molar-refractivity contribution in [3.63, 3.8) is 0 Å². The molecule has 23 heavy (non-hydrogen) atoms. The zero-order valence-electron chi connectivity index (χ0n) is 12.5. The Morgan fingerprint density at radius 1 is 1.48 bits per heavy atom. The van der Waals surface area contributed by atoms with E-state index in [1.807, 2.05) is 0 Å². The summed E-state index contributed by atoms with van der Waals surface area (Å²) in [6.07, 6.45) is 1.90. The average Bonchev–Trinajstić information content (AvgIpc) is 2.47. The second-order valence-corrected chi connectivity index (χ2v) is 7.50. The summed E-state index contributed by atoms with van der Waals surface area (Å²) in [7, 11) is -3.98. The fraction of sp³-hybridized carbons (Fsp3) is 0.538. The Morgan fingerprint density at radius 2 is 2.17 bits per heavy atom. The number of nitrogens with one attached hydrogen (secondary N) is 2. The number of halogens is 2. The predicted octanol–water partition coefficient (Wildman–Crippen LogP) is 2.34. The van der Waals surface area contributed by atoms with E-state index < -0.39 is 20.6 Å². The van der Waals surface area contributed by atoms with Gasteiger partial charge in [0.15, 0.2) is 4.90 Å². The van der Waals surface area contributed by atoms with Crippen molar-refractivity contribution in [2.45, 2.75) is 30.7 Å². The van der Waals surface area contributed by atoms with Crippen LogP contribution in [0.5, 0.6) is 0 Å². The third kappa shape index (κ3) is 5.02. The van der Waals surface area contributed by atoms with Crippen LogP contribution in [-0.2, 0) is 10.0 Å². The van der Waals surface area contributed by atoms with Crippen molar-refractivity contribution in [3.8, 4) is 0 Å². The maximum Gasteiger partial charge on any atom is 0.290 e. The van der Waals surface area contributed by atoms with Gasteiger partial charge in [-0.05, 0) is 50.9 Å². The van der Waals surface area contributed by atoms with Gasteiger partial charge in [-0.25, -0.2) is 13.1 Å². The van der Waals surface area contributed by atoms with E-state index >= 15 is 0 Å². The average molecular weight is 384 g/mol. The van der Waals surface area contributed by atoms with Gasteiger partial charge in [0.1, 0.15) is 0 Å². The van der Waals surface area contributed by atoms with Crippen molar-refractivity contribution < 1.29 is 13.3 Å². The van der Waals surface area contributed by atoms with Gasteiger partial charge in [-0.3, -0.25) is 10.1 Å². The van der Waals surface area contributed by atoms with Crippen LogP contribution < -0.4 is 10.0 Å². The van der Waals surface area contributed by atoms with Crippen LogP contribution in [0.4, 0.5) is 5.69 Å². The lowest BCUT2D eigenvalue weighted by Gasteiger charge is -2.28. The molecule has 1 aliphatic heterocycles. The second kappa shape index (κ2) is 8.25. The fourth-order valence-electron chi connectivity index (χ4n) is 2.57. The van der Waals surface area contributed by atoms with E-state index in [-0.39, 0.29) is 34.3 Å². The molecule has 0 bridgehead atoms. The zero-order valence-corrected chi connectivity index (χ0v) is 14.9. The minimum Gasteiger partial charge on any atom is -0.316 e. The van der Waals surface area contributed by atoms with Crippen LogP contribution >= 0.6 is 24.0 Å². The van der Waals surface area contributed by atoms with Gasteiger partial charge in [0.05, 0.1) is 4.92 Å². The van der Waals surface area contributed by atoms with Gasteiger partial charge in [0, 0.05) is 17.1 Å². The first-order chi connectivity index (χ1) is 10.3. The highest BCUT2D eigenvalue weighted by atomic mass is 35.5. The molecule has 0 spiro atoms. The Bertz CT molecular complexity index is 663. The van der Waals surface area contributed by atoms with Gasteiger partial charge >= 0.3 is 0 Å². The molecule has 0 aliphatic carbocycles. The van der Waals surface area contributed by atoms with Crippen LogP contribution in [0, 0.1) is 16.0 Å². The molecule has 2 rings (SSSR count). The molecular formula is C13H19Cl2N3O4S. The molecule has 1 heterocycles. The first kappa shape index (κ1) is 20.1. The number of nitrogens with zero attached hydrogens (tertiary/aromatic N) is 1. The third-order valence-electron chi connectivity index (χ3n) is 3.79. The summed E-state index contributed by atoms with van der Waals surface area (Å²) in [6.45, 7) is 3.43. The Balaban J connectivity index is 0.00000264. The lowest BCUT2D eigenvalue weighted by atomic mass is 9.94. The number of sulfonamides is 1. The molecule has 7 nitrogen and oxygen atoms in total. The van der Waals surface area contributed by atoms with Crippen molar-refractivity contribution in [2.24, 2.45) is 5.92 Å².